The molecule has 5 heteroatoms. The van der Waals surface area contributed by atoms with Crippen LogP contribution in [0.4, 0.5) is 0 Å². The van der Waals surface area contributed by atoms with E-state index >= 15 is 0 Å². The van der Waals surface area contributed by atoms with Crippen molar-refractivity contribution < 1.29 is 14.3 Å². The Morgan fingerprint density at radius 1 is 1.39 bits per heavy atom. The first-order chi connectivity index (χ1) is 8.69. The van der Waals surface area contributed by atoms with Gasteiger partial charge in [-0.25, -0.2) is 0 Å². The van der Waals surface area contributed by atoms with E-state index in [-0.39, 0.29) is 17.9 Å². The highest BCUT2D eigenvalue weighted by atomic mass is 16.5. The lowest BCUT2D eigenvalue weighted by molar-refractivity contribution is -0.144. The molecular weight excluding hydrogens is 234 g/mol. The van der Waals surface area contributed by atoms with Gasteiger partial charge in [-0.2, -0.15) is 0 Å². The van der Waals surface area contributed by atoms with Crippen LogP contribution in [0.5, 0.6) is 5.75 Å². The van der Waals surface area contributed by atoms with Crippen molar-refractivity contribution >= 4 is 5.97 Å². The highest BCUT2D eigenvalue weighted by Gasteiger charge is 2.08. The predicted octanol–water partition coefficient (Wildman–Crippen LogP) is 1.59. The summed E-state index contributed by atoms with van der Waals surface area (Å²) < 4.78 is 11.2. The number of methoxy groups -OCH3 is 1. The Balaban J connectivity index is 2.52. The highest BCUT2D eigenvalue weighted by molar-refractivity contribution is 5.69. The molecular formula is C13H19NO4. The molecule has 18 heavy (non-hydrogen) atoms. The minimum absolute atomic E-state index is 0.0812. The number of rotatable bonds is 7. The molecule has 1 rings (SSSR count). The lowest BCUT2D eigenvalue weighted by Crippen LogP contribution is -2.25. The summed E-state index contributed by atoms with van der Waals surface area (Å²) >= 11 is 0. The maximum absolute atomic E-state index is 11.7. The van der Waals surface area contributed by atoms with E-state index in [4.69, 9.17) is 9.47 Å². The normalized spacial score (nSPS) is 10.1. The minimum atomic E-state index is -0.401. The molecule has 100 valence electrons. The van der Waals surface area contributed by atoms with Crippen LogP contribution in [0.1, 0.15) is 26.2 Å². The number of pyridine rings is 1. The van der Waals surface area contributed by atoms with Gasteiger partial charge in [0.1, 0.15) is 6.54 Å². The monoisotopic (exact) mass is 253 g/mol. The van der Waals surface area contributed by atoms with Gasteiger partial charge in [-0.15, -0.1) is 0 Å². The Morgan fingerprint density at radius 2 is 2.17 bits per heavy atom. The SMILES string of the molecule is CCCCCOC(=O)Cn1cccc(OC)c1=O. The average Bonchev–Trinajstić information content (AvgIpc) is 2.37. The molecule has 0 aliphatic carbocycles. The predicted molar refractivity (Wildman–Crippen MR) is 67.7 cm³/mol. The van der Waals surface area contributed by atoms with Crippen molar-refractivity contribution in [3.05, 3.63) is 28.7 Å². The van der Waals surface area contributed by atoms with Crippen molar-refractivity contribution in [2.75, 3.05) is 13.7 Å². The van der Waals surface area contributed by atoms with Crippen molar-refractivity contribution in [1.29, 1.82) is 0 Å². The molecule has 0 radical (unpaired) electrons. The third kappa shape index (κ3) is 4.24. The zero-order valence-electron chi connectivity index (χ0n) is 10.8. The van der Waals surface area contributed by atoms with E-state index in [1.165, 1.54) is 17.9 Å². The second kappa shape index (κ2) is 7.53. The van der Waals surface area contributed by atoms with Crippen molar-refractivity contribution in [3.63, 3.8) is 0 Å². The maximum atomic E-state index is 11.7. The number of esters is 1. The fourth-order valence-corrected chi connectivity index (χ4v) is 1.52. The smallest absolute Gasteiger partial charge is 0.326 e. The Bertz CT molecular complexity index is 439. The number of ether oxygens (including phenoxy) is 2. The fraction of sp³-hybridized carbons (Fsp3) is 0.538. The largest absolute Gasteiger partial charge is 0.491 e. The molecule has 0 spiro atoms. The molecule has 0 amide bonds. The lowest BCUT2D eigenvalue weighted by atomic mass is 10.3. The second-order valence-electron chi connectivity index (χ2n) is 3.94. The number of aromatic nitrogens is 1. The number of hydrogen-bond donors (Lipinski definition) is 0. The Labute approximate surface area is 106 Å². The van der Waals surface area contributed by atoms with Crippen LogP contribution in [-0.4, -0.2) is 24.3 Å². The van der Waals surface area contributed by atoms with Crippen LogP contribution in [0.15, 0.2) is 23.1 Å². The third-order valence-electron chi connectivity index (χ3n) is 2.52. The van der Waals surface area contributed by atoms with Gasteiger partial charge in [0.05, 0.1) is 13.7 Å². The summed E-state index contributed by atoms with van der Waals surface area (Å²) in [7, 11) is 1.42. The number of carbonyl (C=O) groups excluding carboxylic acids is 1. The number of carbonyl (C=O) groups is 1. The van der Waals surface area contributed by atoms with Gasteiger partial charge < -0.3 is 14.0 Å². The van der Waals surface area contributed by atoms with E-state index in [1.54, 1.807) is 12.1 Å². The third-order valence-corrected chi connectivity index (χ3v) is 2.52. The van der Waals surface area contributed by atoms with Crippen LogP contribution in [0, 0.1) is 0 Å². The molecule has 0 unspecified atom stereocenters. The Morgan fingerprint density at radius 3 is 2.83 bits per heavy atom. The molecule has 1 aromatic rings. The summed E-state index contributed by atoms with van der Waals surface area (Å²) in [6.07, 6.45) is 4.51. The first-order valence-electron chi connectivity index (χ1n) is 6.08. The molecule has 0 aromatic carbocycles. The van der Waals surface area contributed by atoms with Gasteiger partial charge in [0, 0.05) is 6.20 Å². The summed E-state index contributed by atoms with van der Waals surface area (Å²) in [5.41, 5.74) is -0.328. The van der Waals surface area contributed by atoms with E-state index in [1.807, 2.05) is 0 Å². The van der Waals surface area contributed by atoms with Crippen LogP contribution < -0.4 is 10.3 Å². The molecule has 0 N–H and O–H groups in total. The first-order valence-corrected chi connectivity index (χ1v) is 6.08. The first kappa shape index (κ1) is 14.3. The minimum Gasteiger partial charge on any atom is -0.491 e. The molecule has 0 aliphatic heterocycles. The van der Waals surface area contributed by atoms with E-state index in [0.29, 0.717) is 6.61 Å². The van der Waals surface area contributed by atoms with Crippen LogP contribution in [-0.2, 0) is 16.1 Å². The zero-order chi connectivity index (χ0) is 13.4. The molecule has 1 aromatic heterocycles. The van der Waals surface area contributed by atoms with Gasteiger partial charge in [-0.3, -0.25) is 9.59 Å². The second-order valence-corrected chi connectivity index (χ2v) is 3.94. The van der Waals surface area contributed by atoms with Gasteiger partial charge in [-0.1, -0.05) is 19.8 Å². The van der Waals surface area contributed by atoms with Crippen LogP contribution in [0.25, 0.3) is 0 Å². The molecule has 1 heterocycles. The maximum Gasteiger partial charge on any atom is 0.326 e. The summed E-state index contributed by atoms with van der Waals surface area (Å²) in [6, 6.07) is 3.22. The quantitative estimate of drug-likeness (QED) is 0.547. The fourth-order valence-electron chi connectivity index (χ4n) is 1.52. The van der Waals surface area contributed by atoms with Gasteiger partial charge in [0.2, 0.25) is 0 Å². The van der Waals surface area contributed by atoms with E-state index in [0.717, 1.165) is 19.3 Å². The summed E-state index contributed by atoms with van der Waals surface area (Å²) in [5.74, 6) is -0.183. The summed E-state index contributed by atoms with van der Waals surface area (Å²) in [5, 5.41) is 0. The van der Waals surface area contributed by atoms with Crippen LogP contribution in [0.2, 0.25) is 0 Å². The summed E-state index contributed by atoms with van der Waals surface area (Å²) in [4.78, 5) is 23.2. The molecule has 0 fully saturated rings. The molecule has 0 aliphatic rings. The standard InChI is InChI=1S/C13H19NO4/c1-3-4-5-9-18-12(15)10-14-8-6-7-11(17-2)13(14)16/h6-8H,3-5,9-10H2,1-2H3. The highest BCUT2D eigenvalue weighted by Crippen LogP contribution is 2.01. The van der Waals surface area contributed by atoms with Gasteiger partial charge in [0.15, 0.2) is 5.75 Å². The van der Waals surface area contributed by atoms with E-state index in [9.17, 15) is 9.59 Å². The Hall–Kier alpha value is -1.78. The topological polar surface area (TPSA) is 57.5 Å². The number of unbranched alkanes of at least 4 members (excludes halogenated alkanes) is 2. The van der Waals surface area contributed by atoms with Crippen molar-refractivity contribution in [2.45, 2.75) is 32.7 Å². The lowest BCUT2D eigenvalue weighted by Gasteiger charge is -2.07. The molecule has 5 nitrogen and oxygen atoms in total. The number of nitrogens with zero attached hydrogens (tertiary/aromatic N) is 1. The van der Waals surface area contributed by atoms with E-state index in [2.05, 4.69) is 6.92 Å². The van der Waals surface area contributed by atoms with E-state index < -0.39 is 5.97 Å². The molecule has 0 saturated heterocycles. The Kier molecular flexibility index (Phi) is 5.97. The van der Waals surface area contributed by atoms with Crippen molar-refractivity contribution in [2.24, 2.45) is 0 Å². The molecule has 0 bridgehead atoms. The van der Waals surface area contributed by atoms with Crippen molar-refractivity contribution in [3.8, 4) is 5.75 Å². The van der Waals surface area contributed by atoms with Crippen LogP contribution in [0.3, 0.4) is 0 Å². The van der Waals surface area contributed by atoms with Crippen LogP contribution >= 0.6 is 0 Å². The van der Waals surface area contributed by atoms with Crippen molar-refractivity contribution in [1.82, 2.24) is 4.57 Å². The zero-order valence-corrected chi connectivity index (χ0v) is 10.8. The average molecular weight is 253 g/mol. The number of hydrogen-bond acceptors (Lipinski definition) is 4. The molecule has 0 atom stereocenters. The molecule has 0 saturated carbocycles. The van der Waals surface area contributed by atoms with Gasteiger partial charge in [-0.05, 0) is 18.6 Å². The van der Waals surface area contributed by atoms with Gasteiger partial charge in [0.25, 0.3) is 5.56 Å². The van der Waals surface area contributed by atoms with Gasteiger partial charge >= 0.3 is 5.97 Å². The summed E-state index contributed by atoms with van der Waals surface area (Å²) in [6.45, 7) is 2.41.